The molecular formula is C19H30ClMgNO16. The van der Waals surface area contributed by atoms with Crippen molar-refractivity contribution in [2.45, 2.75) is 19.4 Å². The van der Waals surface area contributed by atoms with Crippen LogP contribution in [0.3, 0.4) is 0 Å². The summed E-state index contributed by atoms with van der Waals surface area (Å²) in [6, 6.07) is 11.3. The molecule has 0 bridgehead atoms. The van der Waals surface area contributed by atoms with Crippen LogP contribution in [0.2, 0.25) is 5.02 Å². The van der Waals surface area contributed by atoms with Crippen molar-refractivity contribution in [1.29, 1.82) is 0 Å². The first-order valence-electron chi connectivity index (χ1n) is 8.13. The van der Waals surface area contributed by atoms with E-state index in [1.807, 2.05) is 0 Å². The standard InChI is InChI=1S/C8H6O5.C7H5ClO3.C4H9NO2.Mg.6H2O/c9-7(10)5-3-1-2-4-6(5)8(11)13-12;8-6-3-1-2-5(4-6)7(9)11-10;1-4(2,5)3(6)7;;;;;;;/h1-4,12H,(H,9,10);1-4,10H;5H2,1-2H3,(H,6,7);;6*1H2/q;;;+2;;;;;;/p-2. The number of aromatic carboxylic acids is 1. The Balaban J connectivity index is -0.0000000560. The van der Waals surface area contributed by atoms with Gasteiger partial charge in [-0.25, -0.2) is 9.59 Å². The Hall–Kier alpha value is -2.98. The molecule has 0 radical (unpaired) electrons. The van der Waals surface area contributed by atoms with Crippen molar-refractivity contribution in [2.24, 2.45) is 5.73 Å². The van der Waals surface area contributed by atoms with Crippen molar-refractivity contribution < 1.29 is 82.5 Å². The second-order valence-electron chi connectivity index (χ2n) is 6.12. The van der Waals surface area contributed by atoms with Crippen LogP contribution >= 0.6 is 11.6 Å². The van der Waals surface area contributed by atoms with Crippen LogP contribution in [-0.4, -0.2) is 95.7 Å². The van der Waals surface area contributed by atoms with E-state index in [0.29, 0.717) is 5.02 Å². The quantitative estimate of drug-likeness (QED) is 0.172. The summed E-state index contributed by atoms with van der Waals surface area (Å²) < 4.78 is 0. The number of hydrogen-bond donors (Lipinski definition) is 3. The molecule has 0 saturated carbocycles. The molecule has 0 heterocycles. The summed E-state index contributed by atoms with van der Waals surface area (Å²) in [7, 11) is 0. The largest absolute Gasteiger partial charge is 2.00 e. The molecule has 0 amide bonds. The first-order chi connectivity index (χ1) is 14.3. The summed E-state index contributed by atoms with van der Waals surface area (Å²) in [5.41, 5.74) is 3.55. The van der Waals surface area contributed by atoms with Crippen molar-refractivity contribution >= 4 is 58.5 Å². The molecule has 216 valence electrons. The van der Waals surface area contributed by atoms with Gasteiger partial charge >= 0.3 is 41.0 Å². The maximum atomic E-state index is 10.7. The van der Waals surface area contributed by atoms with Crippen LogP contribution in [-0.2, 0) is 14.6 Å². The van der Waals surface area contributed by atoms with Crippen molar-refractivity contribution in [3.63, 3.8) is 0 Å². The van der Waals surface area contributed by atoms with Crippen molar-refractivity contribution in [3.05, 3.63) is 70.2 Å². The Kier molecular flexibility index (Phi) is 39.5. The zero-order valence-electron chi connectivity index (χ0n) is 19.9. The average molecular weight is 588 g/mol. The molecule has 0 aliphatic carbocycles. The summed E-state index contributed by atoms with van der Waals surface area (Å²) in [5.74, 6) is -4.55. The van der Waals surface area contributed by atoms with Gasteiger partial charge < -0.3 is 63.7 Å². The third kappa shape index (κ3) is 21.1. The molecule has 17 nitrogen and oxygen atoms in total. The van der Waals surface area contributed by atoms with Crippen LogP contribution in [0.5, 0.6) is 0 Å². The number of aliphatic carboxylic acids is 1. The van der Waals surface area contributed by atoms with Gasteiger partial charge in [0.2, 0.25) is 0 Å². The summed E-state index contributed by atoms with van der Waals surface area (Å²) in [5, 5.41) is 36.7. The van der Waals surface area contributed by atoms with E-state index in [4.69, 9.17) is 27.7 Å². The van der Waals surface area contributed by atoms with Crippen LogP contribution in [0.1, 0.15) is 44.9 Å². The van der Waals surface area contributed by atoms with Gasteiger partial charge in [-0.2, -0.15) is 5.26 Å². The fourth-order valence-electron chi connectivity index (χ4n) is 1.55. The van der Waals surface area contributed by atoms with E-state index in [-0.39, 0.29) is 72.6 Å². The molecule has 0 aromatic heterocycles. The zero-order valence-corrected chi connectivity index (χ0v) is 22.1. The molecule has 2 aromatic rings. The maximum Gasteiger partial charge on any atom is 2.00 e. The first kappa shape index (κ1) is 55.5. The van der Waals surface area contributed by atoms with Gasteiger partial charge in [0, 0.05) is 10.6 Å². The summed E-state index contributed by atoms with van der Waals surface area (Å²) in [6.07, 6.45) is 0. The predicted octanol–water partition coefficient (Wildman–Crippen LogP) is -5.07. The molecule has 0 saturated heterocycles. The molecule has 0 unspecified atom stereocenters. The first-order valence-corrected chi connectivity index (χ1v) is 8.51. The minimum Gasteiger partial charge on any atom is -0.661 e. The molecule has 38 heavy (non-hydrogen) atoms. The molecule has 0 fully saturated rings. The van der Waals surface area contributed by atoms with Crippen molar-refractivity contribution in [1.82, 2.24) is 0 Å². The van der Waals surface area contributed by atoms with Crippen molar-refractivity contribution in [3.8, 4) is 0 Å². The molecular weight excluding hydrogens is 558 g/mol. The van der Waals surface area contributed by atoms with Crippen LogP contribution in [0.25, 0.3) is 0 Å². The Morgan fingerprint density at radius 1 is 0.868 bits per heavy atom. The van der Waals surface area contributed by atoms with Crippen LogP contribution in [0, 0.1) is 0 Å². The molecule has 2 aromatic carbocycles. The topological polar surface area (TPSA) is 388 Å². The fourth-order valence-corrected chi connectivity index (χ4v) is 1.74. The van der Waals surface area contributed by atoms with E-state index < -0.39 is 29.4 Å². The molecule has 0 aliphatic rings. The minimum atomic E-state index is -1.53. The molecule has 2 rings (SSSR count). The van der Waals surface area contributed by atoms with E-state index >= 15 is 0 Å². The molecule has 0 aliphatic heterocycles. The van der Waals surface area contributed by atoms with Gasteiger partial charge in [-0.1, -0.05) is 35.9 Å². The number of hydrogen-bond acceptors (Lipinski definition) is 10. The number of halogens is 1. The van der Waals surface area contributed by atoms with Crippen LogP contribution < -0.4 is 16.1 Å². The SMILES string of the molecule is CC(C)(N)C(=O)O.O.O.O.O.O.O.O=C(OO)c1cccc(Cl)c1.O=C([O-])c1ccccc1C(=O)O[O-].[Mg+2]. The number of carbonyl (C=O) groups is 4. The van der Waals surface area contributed by atoms with Crippen molar-refractivity contribution in [2.75, 3.05) is 0 Å². The molecule has 0 atom stereocenters. The third-order valence-corrected chi connectivity index (χ3v) is 3.37. The van der Waals surface area contributed by atoms with E-state index in [2.05, 4.69) is 9.78 Å². The van der Waals surface area contributed by atoms with Gasteiger partial charge in [0.25, 0.3) is 0 Å². The van der Waals surface area contributed by atoms with Crippen LogP contribution in [0.4, 0.5) is 0 Å². The molecule has 0 spiro atoms. The van der Waals surface area contributed by atoms with Crippen LogP contribution in [0.15, 0.2) is 48.5 Å². The van der Waals surface area contributed by atoms with Gasteiger partial charge in [-0.3, -0.25) is 9.68 Å². The Morgan fingerprint density at radius 2 is 1.29 bits per heavy atom. The number of carbonyl (C=O) groups excluding carboxylic acids is 3. The third-order valence-electron chi connectivity index (χ3n) is 3.14. The maximum absolute atomic E-state index is 10.7. The van der Waals surface area contributed by atoms with E-state index in [9.17, 15) is 29.5 Å². The monoisotopic (exact) mass is 587 g/mol. The summed E-state index contributed by atoms with van der Waals surface area (Å²) >= 11 is 5.56. The number of rotatable bonds is 4. The van der Waals surface area contributed by atoms with E-state index in [0.717, 1.165) is 6.07 Å². The average Bonchev–Trinajstić information content (AvgIpc) is 2.72. The number of nitrogens with two attached hydrogens (primary N) is 1. The second kappa shape index (κ2) is 27.1. The number of carboxylic acid groups (broad SMARTS) is 2. The molecule has 16 N–H and O–H groups in total. The van der Waals surface area contributed by atoms with Gasteiger partial charge in [-0.05, 0) is 38.1 Å². The Labute approximate surface area is 236 Å². The smallest absolute Gasteiger partial charge is 0.661 e. The Bertz CT molecular complexity index is 939. The number of benzene rings is 2. The van der Waals surface area contributed by atoms with E-state index in [1.54, 1.807) is 12.1 Å². The summed E-state index contributed by atoms with van der Waals surface area (Å²) in [4.78, 5) is 48.3. The fraction of sp³-hybridized carbons (Fsp3) is 0.158. The normalized spacial score (nSPS) is 7.95. The van der Waals surface area contributed by atoms with Gasteiger partial charge in [0.1, 0.15) is 5.54 Å². The van der Waals surface area contributed by atoms with Gasteiger partial charge in [0.15, 0.2) is 0 Å². The zero-order chi connectivity index (χ0) is 24.2. The minimum absolute atomic E-state index is 0. The van der Waals surface area contributed by atoms with Gasteiger partial charge in [-0.15, -0.1) is 0 Å². The van der Waals surface area contributed by atoms with Gasteiger partial charge in [0.05, 0.1) is 17.1 Å². The predicted molar refractivity (Wildman–Crippen MR) is 129 cm³/mol. The summed E-state index contributed by atoms with van der Waals surface area (Å²) in [6.45, 7) is 2.88. The molecule has 19 heteroatoms. The second-order valence-corrected chi connectivity index (χ2v) is 6.56. The number of carboxylic acids is 2. The van der Waals surface area contributed by atoms with E-state index in [1.165, 1.54) is 44.2 Å². The Morgan fingerprint density at radius 3 is 1.61 bits per heavy atom.